The van der Waals surface area contributed by atoms with Crippen molar-refractivity contribution in [1.29, 1.82) is 0 Å². The van der Waals surface area contributed by atoms with Crippen LogP contribution in [0.15, 0.2) is 60.7 Å². The van der Waals surface area contributed by atoms with Crippen LogP contribution in [-0.4, -0.2) is 0 Å². The molecule has 0 bridgehead atoms. The topological polar surface area (TPSA) is 0 Å². The van der Waals surface area contributed by atoms with Crippen LogP contribution in [0.5, 0.6) is 0 Å². The molecule has 0 atom stereocenters. The van der Waals surface area contributed by atoms with Gasteiger partial charge < -0.3 is 0 Å². The van der Waals surface area contributed by atoms with Crippen LogP contribution in [0.3, 0.4) is 0 Å². The third-order valence-corrected chi connectivity index (χ3v) is 5.83. The molecule has 0 nitrogen and oxygen atoms in total. The first-order chi connectivity index (χ1) is 9.27. The van der Waals surface area contributed by atoms with E-state index < -0.39 is 14.0 Å². The third kappa shape index (κ3) is 4.91. The van der Waals surface area contributed by atoms with Gasteiger partial charge in [-0.2, -0.15) is 0 Å². The van der Waals surface area contributed by atoms with E-state index in [1.54, 1.807) is 0 Å². The van der Waals surface area contributed by atoms with Crippen LogP contribution < -0.4 is 0 Å². The van der Waals surface area contributed by atoms with Crippen molar-refractivity contribution in [3.05, 3.63) is 71.8 Å². The Balaban J connectivity index is 2.14. The summed E-state index contributed by atoms with van der Waals surface area (Å²) in [6, 6.07) is 21.3. The fraction of sp³-hybridized carbons (Fsp3) is 0.250. The summed E-state index contributed by atoms with van der Waals surface area (Å²) < 4.78 is 0. The van der Waals surface area contributed by atoms with Crippen molar-refractivity contribution in [1.82, 2.24) is 0 Å². The van der Waals surface area contributed by atoms with E-state index in [-0.39, 0.29) is 0 Å². The molecule has 104 valence electrons. The summed E-state index contributed by atoms with van der Waals surface area (Å²) in [6.07, 6.45) is 2.20. The van der Waals surface area contributed by atoms with Crippen LogP contribution in [0.1, 0.15) is 29.9 Å². The van der Waals surface area contributed by atoms with Crippen LogP contribution in [0.4, 0.5) is 0 Å². The predicted molar refractivity (Wildman–Crippen MR) is 80.5 cm³/mol. The summed E-state index contributed by atoms with van der Waals surface area (Å²) in [5.41, 5.74) is 2.74. The Morgan fingerprint density at radius 1 is 0.789 bits per heavy atom. The first-order valence-corrected chi connectivity index (χ1v) is 11.7. The number of hydrogen-bond donors (Lipinski definition) is 0. The van der Waals surface area contributed by atoms with Crippen molar-refractivity contribution < 1.29 is 14.0 Å². The molecule has 0 spiro atoms. The zero-order valence-corrected chi connectivity index (χ0v) is 13.7. The molecule has 2 rings (SSSR count). The monoisotopic (exact) mass is 382 g/mol. The van der Waals surface area contributed by atoms with Gasteiger partial charge in [-0.1, -0.05) is 0 Å². The third-order valence-electron chi connectivity index (χ3n) is 3.14. The van der Waals surface area contributed by atoms with E-state index >= 15 is 0 Å². The van der Waals surface area contributed by atoms with E-state index in [2.05, 4.69) is 60.7 Å². The minimum absolute atomic E-state index is 0.446. The molecule has 3 heteroatoms. The van der Waals surface area contributed by atoms with Gasteiger partial charge in [-0.3, -0.25) is 0 Å². The first-order valence-electron chi connectivity index (χ1n) is 6.29. The van der Waals surface area contributed by atoms with Crippen molar-refractivity contribution in [2.45, 2.75) is 23.8 Å². The fourth-order valence-electron chi connectivity index (χ4n) is 2.26. The Morgan fingerprint density at radius 2 is 1.26 bits per heavy atom. The van der Waals surface area contributed by atoms with Crippen LogP contribution in [0.25, 0.3) is 0 Å². The summed E-state index contributed by atoms with van der Waals surface area (Å²) >= 11 is -1.39. The Morgan fingerprint density at radius 3 is 1.68 bits per heavy atom. The summed E-state index contributed by atoms with van der Waals surface area (Å²) in [5.74, 6) is 0.446. The molecular formula is C16H17Cl2Rh. The van der Waals surface area contributed by atoms with Crippen molar-refractivity contribution in [3.8, 4) is 0 Å². The fourth-order valence-corrected chi connectivity index (χ4v) is 4.08. The second-order valence-corrected chi connectivity index (χ2v) is 10.7. The number of rotatable bonds is 6. The standard InChI is InChI=1S/C16H17.2ClH.Rh/c1-2-9-16(14-10-5-3-6-11-14)15-12-7-4-8-13-15;;;/h3-8,10-13,16H,1-2,9H2;2*1H;/q;;;+2/p-2. The zero-order chi connectivity index (χ0) is 13.5. The van der Waals surface area contributed by atoms with Gasteiger partial charge in [0.2, 0.25) is 0 Å². The summed E-state index contributed by atoms with van der Waals surface area (Å²) in [4.78, 5) is 0. The Labute approximate surface area is 128 Å². The molecule has 0 radical (unpaired) electrons. The summed E-state index contributed by atoms with van der Waals surface area (Å²) in [6.45, 7) is 0. The molecule has 0 aromatic heterocycles. The average molecular weight is 383 g/mol. The molecule has 0 aliphatic heterocycles. The van der Waals surface area contributed by atoms with Gasteiger partial charge in [-0.05, 0) is 0 Å². The quantitative estimate of drug-likeness (QED) is 0.542. The molecule has 0 aliphatic carbocycles. The van der Waals surface area contributed by atoms with Gasteiger partial charge in [0.15, 0.2) is 0 Å². The number of hydrogen-bond acceptors (Lipinski definition) is 0. The maximum atomic E-state index is 5.95. The van der Waals surface area contributed by atoms with Gasteiger partial charge in [0.1, 0.15) is 0 Å². The predicted octanol–water partition coefficient (Wildman–Crippen LogP) is 5.94. The van der Waals surface area contributed by atoms with E-state index in [0.717, 1.165) is 17.9 Å². The van der Waals surface area contributed by atoms with E-state index in [4.69, 9.17) is 19.4 Å². The molecule has 0 heterocycles. The summed E-state index contributed by atoms with van der Waals surface area (Å²) in [5, 5.41) is 0.977. The zero-order valence-electron chi connectivity index (χ0n) is 10.6. The van der Waals surface area contributed by atoms with Gasteiger partial charge in [0.25, 0.3) is 0 Å². The molecule has 0 amide bonds. The minimum atomic E-state index is -1.39. The average Bonchev–Trinajstić information content (AvgIpc) is 2.45. The molecule has 19 heavy (non-hydrogen) atoms. The van der Waals surface area contributed by atoms with Crippen molar-refractivity contribution in [3.63, 3.8) is 0 Å². The van der Waals surface area contributed by atoms with Gasteiger partial charge in [0.05, 0.1) is 0 Å². The van der Waals surface area contributed by atoms with E-state index in [1.807, 2.05) is 0 Å². The number of halogens is 2. The van der Waals surface area contributed by atoms with Crippen molar-refractivity contribution in [2.24, 2.45) is 0 Å². The Bertz CT molecular complexity index is 431. The SMILES string of the molecule is [Cl][Rh]([Cl])[CH2]CCC(c1ccccc1)c1ccccc1. The van der Waals surface area contributed by atoms with E-state index in [0.29, 0.717) is 5.92 Å². The first kappa shape index (κ1) is 15.0. The molecule has 2 aromatic carbocycles. The van der Waals surface area contributed by atoms with Gasteiger partial charge in [-0.15, -0.1) is 0 Å². The van der Waals surface area contributed by atoms with Crippen LogP contribution in [-0.2, 0) is 14.0 Å². The molecular weight excluding hydrogens is 366 g/mol. The molecule has 0 unspecified atom stereocenters. The van der Waals surface area contributed by atoms with Gasteiger partial charge >= 0.3 is 129 Å². The molecule has 2 aromatic rings. The van der Waals surface area contributed by atoms with Crippen LogP contribution in [0, 0.1) is 0 Å². The summed E-state index contributed by atoms with van der Waals surface area (Å²) in [7, 11) is 11.9. The van der Waals surface area contributed by atoms with Gasteiger partial charge in [-0.25, -0.2) is 0 Å². The molecule has 0 aliphatic rings. The second kappa shape index (κ2) is 8.05. The Hall–Kier alpha value is -0.357. The van der Waals surface area contributed by atoms with Gasteiger partial charge in [0, 0.05) is 0 Å². The number of benzene rings is 2. The maximum absolute atomic E-state index is 5.95. The Kier molecular flexibility index (Phi) is 6.37. The van der Waals surface area contributed by atoms with E-state index in [1.165, 1.54) is 11.1 Å². The van der Waals surface area contributed by atoms with Crippen molar-refractivity contribution in [2.75, 3.05) is 0 Å². The van der Waals surface area contributed by atoms with Crippen molar-refractivity contribution >= 4 is 19.4 Å². The normalized spacial score (nSPS) is 11.6. The molecule has 0 fully saturated rings. The molecule has 0 saturated heterocycles. The second-order valence-electron chi connectivity index (χ2n) is 4.41. The van der Waals surface area contributed by atoms with Crippen LogP contribution >= 0.6 is 19.4 Å². The molecule has 0 saturated carbocycles. The van der Waals surface area contributed by atoms with Crippen LogP contribution in [0.2, 0.25) is 5.02 Å². The molecule has 0 N–H and O–H groups in total. The van der Waals surface area contributed by atoms with E-state index in [9.17, 15) is 0 Å².